The topological polar surface area (TPSA) is 59.2 Å². The fourth-order valence-corrected chi connectivity index (χ4v) is 2.68. The number of pyridine rings is 1. The Morgan fingerprint density at radius 3 is 2.72 bits per heavy atom. The summed E-state index contributed by atoms with van der Waals surface area (Å²) in [6, 6.07) is 13.5. The zero-order chi connectivity index (χ0) is 17.5. The van der Waals surface area contributed by atoms with Crippen molar-refractivity contribution in [1.29, 1.82) is 0 Å². The summed E-state index contributed by atoms with van der Waals surface area (Å²) < 4.78 is 5.12. The molecule has 2 aromatic heterocycles. The van der Waals surface area contributed by atoms with Crippen molar-refractivity contribution in [3.05, 3.63) is 72.2 Å². The second-order valence-corrected chi connectivity index (χ2v) is 5.88. The average molecular weight is 335 g/mol. The van der Waals surface area contributed by atoms with Crippen LogP contribution in [0.4, 0.5) is 0 Å². The first-order valence-electron chi connectivity index (χ1n) is 8.47. The standard InChI is InChI=1S/C20H21N3O2/c1-2-3-12-23(14-16-8-7-11-21-13-16)20(24)18-15-25-22-19(18)17-9-5-4-6-10-17/h4-11,13,15H,2-3,12,14H2,1H3. The highest BCUT2D eigenvalue weighted by Gasteiger charge is 2.23. The minimum absolute atomic E-state index is 0.0718. The molecule has 0 saturated carbocycles. The molecule has 3 rings (SSSR count). The molecule has 0 atom stereocenters. The van der Waals surface area contributed by atoms with Gasteiger partial charge in [-0.1, -0.05) is 54.9 Å². The number of carbonyl (C=O) groups excluding carboxylic acids is 1. The molecule has 0 aliphatic heterocycles. The predicted molar refractivity (Wildman–Crippen MR) is 95.8 cm³/mol. The second kappa shape index (κ2) is 8.24. The normalized spacial score (nSPS) is 10.6. The fourth-order valence-electron chi connectivity index (χ4n) is 2.68. The lowest BCUT2D eigenvalue weighted by Crippen LogP contribution is -2.31. The summed E-state index contributed by atoms with van der Waals surface area (Å²) in [5.74, 6) is -0.0718. The van der Waals surface area contributed by atoms with Gasteiger partial charge in [0.2, 0.25) is 0 Å². The van der Waals surface area contributed by atoms with Gasteiger partial charge in [-0.25, -0.2) is 0 Å². The monoisotopic (exact) mass is 335 g/mol. The summed E-state index contributed by atoms with van der Waals surface area (Å²) in [7, 11) is 0. The first-order valence-corrected chi connectivity index (χ1v) is 8.47. The lowest BCUT2D eigenvalue weighted by atomic mass is 10.1. The van der Waals surface area contributed by atoms with E-state index >= 15 is 0 Å². The molecule has 5 nitrogen and oxygen atoms in total. The third kappa shape index (κ3) is 4.12. The molecule has 3 aromatic rings. The van der Waals surface area contributed by atoms with Gasteiger partial charge in [0.05, 0.1) is 0 Å². The van der Waals surface area contributed by atoms with E-state index in [4.69, 9.17) is 4.52 Å². The Kier molecular flexibility index (Phi) is 5.57. The number of hydrogen-bond donors (Lipinski definition) is 0. The fraction of sp³-hybridized carbons (Fsp3) is 0.250. The van der Waals surface area contributed by atoms with Crippen LogP contribution in [0.15, 0.2) is 65.6 Å². The van der Waals surface area contributed by atoms with Crippen LogP contribution < -0.4 is 0 Å². The lowest BCUT2D eigenvalue weighted by molar-refractivity contribution is 0.0740. The van der Waals surface area contributed by atoms with Crippen LogP contribution in [0.5, 0.6) is 0 Å². The summed E-state index contributed by atoms with van der Waals surface area (Å²) in [6.45, 7) is 3.32. The third-order valence-corrected chi connectivity index (χ3v) is 4.01. The van der Waals surface area contributed by atoms with Gasteiger partial charge in [0.25, 0.3) is 5.91 Å². The number of rotatable bonds is 7. The number of carbonyl (C=O) groups is 1. The minimum atomic E-state index is -0.0718. The number of amides is 1. The van der Waals surface area contributed by atoms with Crippen molar-refractivity contribution in [1.82, 2.24) is 15.0 Å². The minimum Gasteiger partial charge on any atom is -0.363 e. The van der Waals surface area contributed by atoms with Crippen molar-refractivity contribution in [2.24, 2.45) is 0 Å². The second-order valence-electron chi connectivity index (χ2n) is 5.88. The maximum Gasteiger partial charge on any atom is 0.259 e. The molecule has 0 spiro atoms. The Labute approximate surface area is 147 Å². The molecular weight excluding hydrogens is 314 g/mol. The van der Waals surface area contributed by atoms with E-state index in [2.05, 4.69) is 17.1 Å². The van der Waals surface area contributed by atoms with E-state index < -0.39 is 0 Å². The molecule has 0 saturated heterocycles. The molecule has 0 N–H and O–H groups in total. The SMILES string of the molecule is CCCCN(Cc1cccnc1)C(=O)c1conc1-c1ccccc1. The summed E-state index contributed by atoms with van der Waals surface area (Å²) in [4.78, 5) is 19.1. The van der Waals surface area contributed by atoms with Crippen LogP contribution in [0.25, 0.3) is 11.3 Å². The van der Waals surface area contributed by atoms with E-state index in [9.17, 15) is 4.79 Å². The van der Waals surface area contributed by atoms with Crippen molar-refractivity contribution >= 4 is 5.91 Å². The molecule has 2 heterocycles. The van der Waals surface area contributed by atoms with Crippen LogP contribution in [-0.2, 0) is 6.54 Å². The molecule has 1 amide bonds. The molecule has 0 unspecified atom stereocenters. The summed E-state index contributed by atoms with van der Waals surface area (Å²) >= 11 is 0. The Morgan fingerprint density at radius 1 is 1.16 bits per heavy atom. The van der Waals surface area contributed by atoms with Crippen molar-refractivity contribution < 1.29 is 9.32 Å². The summed E-state index contributed by atoms with van der Waals surface area (Å²) in [5, 5.41) is 4.04. The molecule has 0 radical (unpaired) electrons. The van der Waals surface area contributed by atoms with Gasteiger partial charge in [-0.05, 0) is 18.1 Å². The third-order valence-electron chi connectivity index (χ3n) is 4.01. The van der Waals surface area contributed by atoms with E-state index in [1.165, 1.54) is 6.26 Å². The highest BCUT2D eigenvalue weighted by atomic mass is 16.5. The molecule has 1 aromatic carbocycles. The van der Waals surface area contributed by atoms with Gasteiger partial charge < -0.3 is 9.42 Å². The van der Waals surface area contributed by atoms with Crippen LogP contribution in [0.2, 0.25) is 0 Å². The van der Waals surface area contributed by atoms with Gasteiger partial charge in [-0.15, -0.1) is 0 Å². The van der Waals surface area contributed by atoms with E-state index in [1.54, 1.807) is 12.4 Å². The summed E-state index contributed by atoms with van der Waals surface area (Å²) in [6.07, 6.45) is 6.92. The van der Waals surface area contributed by atoms with Gasteiger partial charge in [-0.2, -0.15) is 0 Å². The van der Waals surface area contributed by atoms with Crippen molar-refractivity contribution in [3.63, 3.8) is 0 Å². The first-order chi connectivity index (χ1) is 12.3. The maximum atomic E-state index is 13.1. The zero-order valence-corrected chi connectivity index (χ0v) is 14.3. The molecule has 0 aliphatic rings. The van der Waals surface area contributed by atoms with E-state index in [1.807, 2.05) is 47.4 Å². The van der Waals surface area contributed by atoms with Gasteiger partial charge in [0.15, 0.2) is 0 Å². The van der Waals surface area contributed by atoms with Crippen LogP contribution in [0.3, 0.4) is 0 Å². The van der Waals surface area contributed by atoms with Crippen molar-refractivity contribution in [2.75, 3.05) is 6.54 Å². The predicted octanol–water partition coefficient (Wildman–Crippen LogP) is 4.18. The molecule has 0 fully saturated rings. The van der Waals surface area contributed by atoms with Gasteiger partial charge in [-0.3, -0.25) is 9.78 Å². The molecule has 0 bridgehead atoms. The lowest BCUT2D eigenvalue weighted by Gasteiger charge is -2.22. The zero-order valence-electron chi connectivity index (χ0n) is 14.3. The molecule has 5 heteroatoms. The Hall–Kier alpha value is -2.95. The Morgan fingerprint density at radius 2 is 2.00 bits per heavy atom. The van der Waals surface area contributed by atoms with Gasteiger partial charge in [0, 0.05) is 31.0 Å². The van der Waals surface area contributed by atoms with Crippen LogP contribution in [0.1, 0.15) is 35.7 Å². The summed E-state index contributed by atoms with van der Waals surface area (Å²) in [5.41, 5.74) is 2.95. The van der Waals surface area contributed by atoms with E-state index in [0.29, 0.717) is 24.3 Å². The van der Waals surface area contributed by atoms with Crippen LogP contribution in [-0.4, -0.2) is 27.5 Å². The average Bonchev–Trinajstić information content (AvgIpc) is 3.16. The van der Waals surface area contributed by atoms with E-state index in [0.717, 1.165) is 24.0 Å². The van der Waals surface area contributed by atoms with Gasteiger partial charge >= 0.3 is 0 Å². The molecule has 0 aliphatic carbocycles. The van der Waals surface area contributed by atoms with E-state index in [-0.39, 0.29) is 5.91 Å². The van der Waals surface area contributed by atoms with Crippen LogP contribution in [0, 0.1) is 0 Å². The smallest absolute Gasteiger partial charge is 0.259 e. The number of benzene rings is 1. The highest BCUT2D eigenvalue weighted by molar-refractivity contribution is 5.99. The van der Waals surface area contributed by atoms with Crippen molar-refractivity contribution in [3.8, 4) is 11.3 Å². The number of nitrogens with zero attached hydrogens (tertiary/aromatic N) is 3. The van der Waals surface area contributed by atoms with Crippen LogP contribution >= 0.6 is 0 Å². The van der Waals surface area contributed by atoms with Crippen molar-refractivity contribution in [2.45, 2.75) is 26.3 Å². The molecular formula is C20H21N3O2. The maximum absolute atomic E-state index is 13.1. The molecule has 25 heavy (non-hydrogen) atoms. The Bertz CT molecular complexity index is 800. The number of aromatic nitrogens is 2. The van der Waals surface area contributed by atoms with Gasteiger partial charge in [0.1, 0.15) is 17.5 Å². The largest absolute Gasteiger partial charge is 0.363 e. The number of hydrogen-bond acceptors (Lipinski definition) is 4. The number of unbranched alkanes of at least 4 members (excludes halogenated alkanes) is 1. The Balaban J connectivity index is 1.86. The quantitative estimate of drug-likeness (QED) is 0.650. The highest BCUT2D eigenvalue weighted by Crippen LogP contribution is 2.23. The molecule has 128 valence electrons. The first kappa shape index (κ1) is 16.9.